The summed E-state index contributed by atoms with van der Waals surface area (Å²) in [6, 6.07) is 0. The van der Waals surface area contributed by atoms with E-state index in [2.05, 4.69) is 14.0 Å². The van der Waals surface area contributed by atoms with Gasteiger partial charge < -0.3 is 14.0 Å². The Bertz CT molecular complexity index is 473. The first-order chi connectivity index (χ1) is 17.5. The average molecular weight is 513 g/mol. The maximum Gasteiger partial charge on any atom is 0.305 e. The molecule has 0 spiro atoms. The Morgan fingerprint density at radius 3 is 1.06 bits per heavy atom. The highest BCUT2D eigenvalue weighted by atomic mass is 16.5. The molecule has 0 heterocycles. The molecule has 0 aliphatic carbocycles. The molecule has 0 saturated heterocycles. The summed E-state index contributed by atoms with van der Waals surface area (Å²) in [5.41, 5.74) is 0. The van der Waals surface area contributed by atoms with E-state index in [-0.39, 0.29) is 11.9 Å². The first-order valence-corrected chi connectivity index (χ1v) is 15.4. The zero-order valence-corrected chi connectivity index (χ0v) is 24.8. The number of ether oxygens (including phenoxy) is 2. The lowest BCUT2D eigenvalue weighted by atomic mass is 10.1. The highest BCUT2D eigenvalue weighted by Crippen LogP contribution is 2.17. The Balaban J connectivity index is 3.92. The molecule has 0 aromatic heterocycles. The molecule has 0 aromatic rings. The van der Waals surface area contributed by atoms with Crippen LogP contribution in [0.15, 0.2) is 0 Å². The smallest absolute Gasteiger partial charge is 0.305 e. The summed E-state index contributed by atoms with van der Waals surface area (Å²) in [7, 11) is 5.45. The van der Waals surface area contributed by atoms with Gasteiger partial charge in [-0.3, -0.25) is 9.59 Å². The van der Waals surface area contributed by atoms with Crippen LogP contribution >= 0.6 is 0 Å². The number of rotatable bonds is 27. The maximum absolute atomic E-state index is 11.1. The molecule has 5 heteroatoms. The summed E-state index contributed by atoms with van der Waals surface area (Å²) in [4.78, 5) is 22.3. The molecule has 0 amide bonds. The molecule has 0 unspecified atom stereocenters. The number of hydrogen-bond donors (Lipinski definition) is 0. The molecule has 0 saturated carbocycles. The van der Waals surface area contributed by atoms with Gasteiger partial charge in [-0.2, -0.15) is 0 Å². The van der Waals surface area contributed by atoms with E-state index in [1.54, 1.807) is 0 Å². The molecule has 0 fully saturated rings. The highest BCUT2D eigenvalue weighted by molar-refractivity contribution is 5.69. The van der Waals surface area contributed by atoms with Gasteiger partial charge in [0.1, 0.15) is 0 Å². The predicted octanol–water partition coefficient (Wildman–Crippen LogP) is 8.38. The fraction of sp³-hybridized carbons (Fsp3) is 0.935. The number of esters is 2. The van der Waals surface area contributed by atoms with Crippen molar-refractivity contribution in [3.8, 4) is 0 Å². The van der Waals surface area contributed by atoms with Gasteiger partial charge in [-0.1, -0.05) is 84.0 Å². The number of methoxy groups -OCH3 is 2. The topological polar surface area (TPSA) is 52.6 Å². The highest BCUT2D eigenvalue weighted by Gasteiger charge is 2.20. The van der Waals surface area contributed by atoms with Gasteiger partial charge in [-0.15, -0.1) is 0 Å². The molecular formula is C31H62NO4+. The van der Waals surface area contributed by atoms with E-state index >= 15 is 0 Å². The van der Waals surface area contributed by atoms with Gasteiger partial charge in [0.05, 0.1) is 40.9 Å². The second-order valence-electron chi connectivity index (χ2n) is 11.2. The molecule has 0 aliphatic rings. The van der Waals surface area contributed by atoms with E-state index in [4.69, 9.17) is 9.47 Å². The molecule has 36 heavy (non-hydrogen) atoms. The zero-order chi connectivity index (χ0) is 26.7. The number of unbranched alkanes of at least 4 members (excludes halogenated alkanes) is 17. The molecule has 0 aromatic carbocycles. The van der Waals surface area contributed by atoms with E-state index < -0.39 is 0 Å². The van der Waals surface area contributed by atoms with Crippen molar-refractivity contribution in [3.05, 3.63) is 0 Å². The van der Waals surface area contributed by atoms with Gasteiger partial charge in [0, 0.05) is 12.8 Å². The minimum Gasteiger partial charge on any atom is -0.469 e. The van der Waals surface area contributed by atoms with Gasteiger partial charge in [0.25, 0.3) is 0 Å². The number of carbonyl (C=O) groups is 2. The fourth-order valence-electron chi connectivity index (χ4n) is 5.11. The first kappa shape index (κ1) is 34.9. The molecular weight excluding hydrogens is 450 g/mol. The summed E-state index contributed by atoms with van der Waals surface area (Å²) in [5.74, 6) is -0.148. The third-order valence-corrected chi connectivity index (χ3v) is 7.66. The van der Waals surface area contributed by atoms with Crippen LogP contribution in [-0.4, -0.2) is 57.3 Å². The molecule has 0 aliphatic heterocycles. The van der Waals surface area contributed by atoms with Gasteiger partial charge in [0.2, 0.25) is 0 Å². The maximum atomic E-state index is 11.1. The second kappa shape index (κ2) is 25.5. The quantitative estimate of drug-likeness (QED) is 0.0630. The lowest BCUT2D eigenvalue weighted by Gasteiger charge is -2.35. The van der Waals surface area contributed by atoms with Crippen LogP contribution in [0.5, 0.6) is 0 Å². The van der Waals surface area contributed by atoms with Gasteiger partial charge in [-0.25, -0.2) is 0 Å². The standard InChI is InChI=1S/C31H62NO4/c1-5-6-7-22-27-32(2,28-23-18-14-10-8-12-16-20-25-30(33)35-3)29-24-19-15-11-9-13-17-21-26-31(34)36-4/h5-29H2,1-4H3/q+1. The zero-order valence-electron chi connectivity index (χ0n) is 24.8. The third-order valence-electron chi connectivity index (χ3n) is 7.66. The lowest BCUT2D eigenvalue weighted by Crippen LogP contribution is -2.46. The molecule has 0 N–H and O–H groups in total. The van der Waals surface area contributed by atoms with Gasteiger partial charge >= 0.3 is 11.9 Å². The van der Waals surface area contributed by atoms with Crippen LogP contribution < -0.4 is 0 Å². The van der Waals surface area contributed by atoms with Crippen LogP contribution in [0.25, 0.3) is 0 Å². The number of carbonyl (C=O) groups excluding carboxylic acids is 2. The van der Waals surface area contributed by atoms with E-state index in [9.17, 15) is 9.59 Å². The van der Waals surface area contributed by atoms with Crippen LogP contribution in [0.3, 0.4) is 0 Å². The first-order valence-electron chi connectivity index (χ1n) is 15.4. The van der Waals surface area contributed by atoms with Crippen LogP contribution in [0.2, 0.25) is 0 Å². The molecule has 0 rings (SSSR count). The summed E-state index contributed by atoms with van der Waals surface area (Å²) in [6.07, 6.45) is 26.7. The second-order valence-corrected chi connectivity index (χ2v) is 11.2. The third kappa shape index (κ3) is 23.3. The number of nitrogens with zero attached hydrogens (tertiary/aromatic N) is 1. The van der Waals surface area contributed by atoms with Crippen molar-refractivity contribution in [1.82, 2.24) is 0 Å². The fourth-order valence-corrected chi connectivity index (χ4v) is 5.11. The van der Waals surface area contributed by atoms with Crippen molar-refractivity contribution >= 4 is 11.9 Å². The van der Waals surface area contributed by atoms with Crippen LogP contribution in [0, 0.1) is 0 Å². The molecule has 0 radical (unpaired) electrons. The Hall–Kier alpha value is -1.10. The van der Waals surface area contributed by atoms with Crippen LogP contribution in [0.4, 0.5) is 0 Å². The number of hydrogen-bond acceptors (Lipinski definition) is 4. The normalized spacial score (nSPS) is 11.6. The summed E-state index contributed by atoms with van der Waals surface area (Å²) < 4.78 is 10.7. The lowest BCUT2D eigenvalue weighted by molar-refractivity contribution is -0.910. The average Bonchev–Trinajstić information content (AvgIpc) is 2.88. The summed E-state index contributed by atoms with van der Waals surface area (Å²) in [5, 5.41) is 0. The Kier molecular flexibility index (Phi) is 24.8. The monoisotopic (exact) mass is 512 g/mol. The Morgan fingerprint density at radius 2 is 0.750 bits per heavy atom. The Labute approximate surface area is 224 Å². The van der Waals surface area contributed by atoms with Crippen molar-refractivity contribution in [3.63, 3.8) is 0 Å². The van der Waals surface area contributed by atoms with E-state index in [1.807, 2.05) is 0 Å². The molecule has 214 valence electrons. The molecule has 5 nitrogen and oxygen atoms in total. The van der Waals surface area contributed by atoms with Crippen molar-refractivity contribution in [2.45, 2.75) is 148 Å². The molecule has 0 bridgehead atoms. The minimum atomic E-state index is -0.0741. The molecule has 0 atom stereocenters. The van der Waals surface area contributed by atoms with Crippen molar-refractivity contribution < 1.29 is 23.5 Å². The van der Waals surface area contributed by atoms with Crippen molar-refractivity contribution in [2.75, 3.05) is 40.9 Å². The van der Waals surface area contributed by atoms with Crippen molar-refractivity contribution in [1.29, 1.82) is 0 Å². The summed E-state index contributed by atoms with van der Waals surface area (Å²) >= 11 is 0. The largest absolute Gasteiger partial charge is 0.469 e. The minimum absolute atomic E-state index is 0.0741. The Morgan fingerprint density at radius 1 is 0.472 bits per heavy atom. The van der Waals surface area contributed by atoms with Crippen LogP contribution in [-0.2, 0) is 19.1 Å². The van der Waals surface area contributed by atoms with E-state index in [1.165, 1.54) is 141 Å². The van der Waals surface area contributed by atoms with Crippen LogP contribution in [0.1, 0.15) is 148 Å². The van der Waals surface area contributed by atoms with Crippen molar-refractivity contribution in [2.24, 2.45) is 0 Å². The van der Waals surface area contributed by atoms with E-state index in [0.29, 0.717) is 12.8 Å². The van der Waals surface area contributed by atoms with Gasteiger partial charge in [0.15, 0.2) is 0 Å². The number of quaternary nitrogens is 1. The summed E-state index contributed by atoms with van der Waals surface area (Å²) in [6.45, 7) is 6.32. The SMILES string of the molecule is CCCCCC[N+](C)(CCCCCCCCCCC(=O)OC)CCCCCCCCCCC(=O)OC. The van der Waals surface area contributed by atoms with E-state index in [0.717, 1.165) is 25.7 Å². The predicted molar refractivity (Wildman–Crippen MR) is 152 cm³/mol. The van der Waals surface area contributed by atoms with Gasteiger partial charge in [-0.05, 0) is 51.4 Å².